The number of rotatable bonds is 4. The zero-order valence-electron chi connectivity index (χ0n) is 13.3. The highest BCUT2D eigenvalue weighted by Gasteiger charge is 2.21. The van der Waals surface area contributed by atoms with E-state index in [2.05, 4.69) is 58.3 Å². The van der Waals surface area contributed by atoms with Gasteiger partial charge < -0.3 is 0 Å². The lowest BCUT2D eigenvalue weighted by molar-refractivity contribution is 0.257. The Kier molecular flexibility index (Phi) is 5.67. The van der Waals surface area contributed by atoms with Gasteiger partial charge in [-0.3, -0.25) is 9.58 Å². The molecule has 0 bridgehead atoms. The lowest BCUT2D eigenvalue weighted by Crippen LogP contribution is -2.26. The highest BCUT2D eigenvalue weighted by atomic mass is 79.9. The molecule has 2 rings (SSSR count). The summed E-state index contributed by atoms with van der Waals surface area (Å²) >= 11 is 3.71. The molecule has 4 heteroatoms. The summed E-state index contributed by atoms with van der Waals surface area (Å²) in [6.45, 7) is 13.4. The fraction of sp³-hybridized carbons (Fsp3) is 0.812. The van der Waals surface area contributed by atoms with Crippen molar-refractivity contribution in [3.8, 4) is 0 Å². The van der Waals surface area contributed by atoms with Crippen LogP contribution < -0.4 is 0 Å². The van der Waals surface area contributed by atoms with Gasteiger partial charge in [0.1, 0.15) is 0 Å². The topological polar surface area (TPSA) is 21.1 Å². The molecule has 0 amide bonds. The molecule has 1 aromatic rings. The number of aromatic nitrogens is 2. The second kappa shape index (κ2) is 7.08. The van der Waals surface area contributed by atoms with Crippen LogP contribution in [0.15, 0.2) is 4.47 Å². The lowest BCUT2D eigenvalue weighted by Gasteiger charge is -2.21. The van der Waals surface area contributed by atoms with Gasteiger partial charge in [0, 0.05) is 13.1 Å². The van der Waals surface area contributed by atoms with Crippen molar-refractivity contribution in [3.05, 3.63) is 15.9 Å². The molecule has 0 aromatic carbocycles. The maximum absolute atomic E-state index is 4.60. The van der Waals surface area contributed by atoms with Crippen LogP contribution in [0.4, 0.5) is 0 Å². The Morgan fingerprint density at radius 3 is 2.70 bits per heavy atom. The Morgan fingerprint density at radius 2 is 2.05 bits per heavy atom. The minimum Gasteiger partial charge on any atom is -0.297 e. The molecule has 3 nitrogen and oxygen atoms in total. The molecule has 114 valence electrons. The van der Waals surface area contributed by atoms with Crippen LogP contribution in [0, 0.1) is 18.8 Å². The van der Waals surface area contributed by atoms with Crippen molar-refractivity contribution < 1.29 is 0 Å². The van der Waals surface area contributed by atoms with Crippen LogP contribution >= 0.6 is 15.9 Å². The first kappa shape index (κ1) is 16.0. The van der Waals surface area contributed by atoms with Gasteiger partial charge in [-0.15, -0.1) is 0 Å². The number of hydrogen-bond donors (Lipinski definition) is 0. The molecule has 1 atom stereocenters. The quantitative estimate of drug-likeness (QED) is 0.816. The number of nitrogens with zero attached hydrogens (tertiary/aromatic N) is 3. The van der Waals surface area contributed by atoms with Gasteiger partial charge in [0.2, 0.25) is 0 Å². The molecule has 20 heavy (non-hydrogen) atoms. The molecule has 1 aliphatic heterocycles. The Morgan fingerprint density at radius 1 is 1.30 bits per heavy atom. The first-order chi connectivity index (χ1) is 9.52. The van der Waals surface area contributed by atoms with E-state index in [9.17, 15) is 0 Å². The van der Waals surface area contributed by atoms with E-state index in [0.717, 1.165) is 30.6 Å². The summed E-state index contributed by atoms with van der Waals surface area (Å²) in [6.07, 6.45) is 4.07. The summed E-state index contributed by atoms with van der Waals surface area (Å²) in [5, 5.41) is 4.60. The minimum absolute atomic E-state index is 0.824. The molecule has 0 N–H and O–H groups in total. The normalized spacial score (nSPS) is 21.4. The third-order valence-electron chi connectivity index (χ3n) is 4.63. The van der Waals surface area contributed by atoms with E-state index >= 15 is 0 Å². The van der Waals surface area contributed by atoms with Crippen molar-refractivity contribution in [1.29, 1.82) is 0 Å². The first-order valence-corrected chi connectivity index (χ1v) is 8.76. The molecule has 1 aromatic heterocycles. The summed E-state index contributed by atoms with van der Waals surface area (Å²) in [5.74, 6) is 1.73. The van der Waals surface area contributed by atoms with Gasteiger partial charge >= 0.3 is 0 Å². The first-order valence-electron chi connectivity index (χ1n) is 7.97. The second-order valence-electron chi connectivity index (χ2n) is 6.37. The van der Waals surface area contributed by atoms with Crippen molar-refractivity contribution in [3.63, 3.8) is 0 Å². The van der Waals surface area contributed by atoms with Gasteiger partial charge in [-0.2, -0.15) is 5.10 Å². The summed E-state index contributed by atoms with van der Waals surface area (Å²) in [4.78, 5) is 2.61. The van der Waals surface area contributed by atoms with Gasteiger partial charge in [-0.1, -0.05) is 13.8 Å². The molecule has 1 unspecified atom stereocenters. The Labute approximate surface area is 131 Å². The molecule has 1 saturated heterocycles. The van der Waals surface area contributed by atoms with Gasteiger partial charge in [0.15, 0.2) is 0 Å². The van der Waals surface area contributed by atoms with Crippen LogP contribution in [0.25, 0.3) is 0 Å². The van der Waals surface area contributed by atoms with E-state index in [1.165, 1.54) is 42.5 Å². The standard InChI is InChI=1S/C16H28BrN3/c1-5-20-15(16(17)13(4)18-20)11-19-9-6-7-14(8-10-19)12(2)3/h12,14H,5-11H2,1-4H3. The van der Waals surface area contributed by atoms with E-state index in [1.54, 1.807) is 0 Å². The van der Waals surface area contributed by atoms with Crippen LogP contribution in [0.3, 0.4) is 0 Å². The number of halogens is 1. The van der Waals surface area contributed by atoms with Gasteiger partial charge in [-0.25, -0.2) is 0 Å². The zero-order valence-corrected chi connectivity index (χ0v) is 14.9. The third-order valence-corrected chi connectivity index (χ3v) is 5.67. The average Bonchev–Trinajstić information content (AvgIpc) is 2.61. The van der Waals surface area contributed by atoms with Crippen LogP contribution in [-0.2, 0) is 13.1 Å². The van der Waals surface area contributed by atoms with E-state index in [-0.39, 0.29) is 0 Å². The van der Waals surface area contributed by atoms with Gasteiger partial charge in [0.05, 0.1) is 15.9 Å². The third kappa shape index (κ3) is 3.64. The Hall–Kier alpha value is -0.350. The molecule has 1 aliphatic rings. The highest BCUT2D eigenvalue weighted by Crippen LogP contribution is 2.27. The molecule has 0 radical (unpaired) electrons. The van der Waals surface area contributed by atoms with Crippen molar-refractivity contribution in [2.75, 3.05) is 13.1 Å². The largest absolute Gasteiger partial charge is 0.297 e. The van der Waals surface area contributed by atoms with Gasteiger partial charge in [0.25, 0.3) is 0 Å². The van der Waals surface area contributed by atoms with Crippen molar-refractivity contribution in [2.24, 2.45) is 11.8 Å². The maximum Gasteiger partial charge on any atom is 0.0739 e. The molecule has 0 saturated carbocycles. The summed E-state index contributed by atoms with van der Waals surface area (Å²) < 4.78 is 3.34. The SMILES string of the molecule is CCn1nc(C)c(Br)c1CN1CCCC(C(C)C)CC1. The van der Waals surface area contributed by atoms with Gasteiger partial charge in [-0.05, 0) is 74.0 Å². The molecular formula is C16H28BrN3. The Bertz CT molecular complexity index is 439. The highest BCUT2D eigenvalue weighted by molar-refractivity contribution is 9.10. The van der Waals surface area contributed by atoms with Crippen molar-refractivity contribution >= 4 is 15.9 Å². The lowest BCUT2D eigenvalue weighted by atomic mass is 9.89. The van der Waals surface area contributed by atoms with E-state index in [4.69, 9.17) is 0 Å². The fourth-order valence-electron chi connectivity index (χ4n) is 3.24. The smallest absolute Gasteiger partial charge is 0.0739 e. The van der Waals surface area contributed by atoms with Crippen LogP contribution in [0.5, 0.6) is 0 Å². The van der Waals surface area contributed by atoms with Crippen molar-refractivity contribution in [1.82, 2.24) is 14.7 Å². The number of aryl methyl sites for hydroxylation is 2. The predicted molar refractivity (Wildman–Crippen MR) is 87.8 cm³/mol. The Balaban J connectivity index is 2.03. The summed E-state index contributed by atoms with van der Waals surface area (Å²) in [6, 6.07) is 0. The van der Waals surface area contributed by atoms with E-state index in [0.29, 0.717) is 0 Å². The summed E-state index contributed by atoms with van der Waals surface area (Å²) in [7, 11) is 0. The summed E-state index contributed by atoms with van der Waals surface area (Å²) in [5.41, 5.74) is 2.45. The molecule has 0 aliphatic carbocycles. The van der Waals surface area contributed by atoms with Crippen LogP contribution in [-0.4, -0.2) is 27.8 Å². The monoisotopic (exact) mass is 341 g/mol. The van der Waals surface area contributed by atoms with Crippen molar-refractivity contribution in [2.45, 2.75) is 60.0 Å². The molecule has 0 spiro atoms. The molecular weight excluding hydrogens is 314 g/mol. The number of likely N-dealkylation sites (tertiary alicyclic amines) is 1. The molecule has 1 fully saturated rings. The second-order valence-corrected chi connectivity index (χ2v) is 7.17. The fourth-order valence-corrected chi connectivity index (χ4v) is 3.65. The average molecular weight is 342 g/mol. The van der Waals surface area contributed by atoms with E-state index in [1.807, 2.05) is 0 Å². The minimum atomic E-state index is 0.824. The number of hydrogen-bond acceptors (Lipinski definition) is 2. The zero-order chi connectivity index (χ0) is 14.7. The predicted octanol–water partition coefficient (Wildman–Crippen LogP) is 4.23. The maximum atomic E-state index is 4.60. The van der Waals surface area contributed by atoms with Crippen LogP contribution in [0.2, 0.25) is 0 Å². The van der Waals surface area contributed by atoms with E-state index < -0.39 is 0 Å². The molecule has 2 heterocycles. The van der Waals surface area contributed by atoms with Crippen LogP contribution in [0.1, 0.15) is 51.4 Å².